The van der Waals surface area contributed by atoms with Gasteiger partial charge in [0.2, 0.25) is 5.91 Å². The second-order valence-electron chi connectivity index (χ2n) is 5.10. The third-order valence-electron chi connectivity index (χ3n) is 2.94. The largest absolute Gasteiger partial charge is 0.455 e. The standard InChI is InChI=1S/C16H22N2O4/c1-4-12-7-5-6-8-13(12)18-14(19)9-17-15(20)10-22-16(21)11(2)3/h5-8,11H,4,9-10H2,1-3H3,(H,17,20)(H,18,19). The summed E-state index contributed by atoms with van der Waals surface area (Å²) in [5, 5.41) is 5.14. The summed E-state index contributed by atoms with van der Waals surface area (Å²) >= 11 is 0. The second kappa shape index (κ2) is 8.81. The topological polar surface area (TPSA) is 84.5 Å². The quantitative estimate of drug-likeness (QED) is 0.748. The van der Waals surface area contributed by atoms with Crippen molar-refractivity contribution in [3.8, 4) is 0 Å². The third kappa shape index (κ3) is 5.95. The van der Waals surface area contributed by atoms with Crippen molar-refractivity contribution in [1.29, 1.82) is 0 Å². The van der Waals surface area contributed by atoms with Gasteiger partial charge in [0.05, 0.1) is 12.5 Å². The van der Waals surface area contributed by atoms with Crippen molar-refractivity contribution in [2.75, 3.05) is 18.5 Å². The van der Waals surface area contributed by atoms with E-state index in [1.807, 2.05) is 31.2 Å². The molecule has 6 nitrogen and oxygen atoms in total. The Hall–Kier alpha value is -2.37. The van der Waals surface area contributed by atoms with E-state index in [9.17, 15) is 14.4 Å². The highest BCUT2D eigenvalue weighted by molar-refractivity contribution is 5.95. The number of anilines is 1. The molecular weight excluding hydrogens is 284 g/mol. The maximum absolute atomic E-state index is 11.8. The number of ether oxygens (including phenoxy) is 1. The van der Waals surface area contributed by atoms with Crippen molar-refractivity contribution in [2.24, 2.45) is 5.92 Å². The Morgan fingerprint density at radius 1 is 1.14 bits per heavy atom. The molecule has 1 rings (SSSR count). The van der Waals surface area contributed by atoms with Crippen LogP contribution < -0.4 is 10.6 Å². The summed E-state index contributed by atoms with van der Waals surface area (Å²) < 4.78 is 4.77. The molecule has 0 aliphatic heterocycles. The number of carbonyl (C=O) groups is 3. The van der Waals surface area contributed by atoms with Gasteiger partial charge in [-0.3, -0.25) is 14.4 Å². The van der Waals surface area contributed by atoms with Gasteiger partial charge in [-0.2, -0.15) is 0 Å². The molecular formula is C16H22N2O4. The lowest BCUT2D eigenvalue weighted by atomic mass is 10.1. The summed E-state index contributed by atoms with van der Waals surface area (Å²) in [6, 6.07) is 7.47. The van der Waals surface area contributed by atoms with Gasteiger partial charge in [0, 0.05) is 5.69 Å². The molecule has 0 aliphatic carbocycles. The molecule has 0 fully saturated rings. The monoisotopic (exact) mass is 306 g/mol. The summed E-state index contributed by atoms with van der Waals surface area (Å²) in [5.74, 6) is -1.57. The van der Waals surface area contributed by atoms with E-state index in [1.165, 1.54) is 0 Å². The predicted molar refractivity (Wildman–Crippen MR) is 83.3 cm³/mol. The van der Waals surface area contributed by atoms with Crippen LogP contribution in [0.5, 0.6) is 0 Å². The molecule has 1 aromatic carbocycles. The van der Waals surface area contributed by atoms with Crippen LogP contribution in [-0.4, -0.2) is 30.9 Å². The fraction of sp³-hybridized carbons (Fsp3) is 0.438. The summed E-state index contributed by atoms with van der Waals surface area (Å²) in [5.41, 5.74) is 1.75. The van der Waals surface area contributed by atoms with E-state index in [2.05, 4.69) is 10.6 Å². The second-order valence-corrected chi connectivity index (χ2v) is 5.10. The Morgan fingerprint density at radius 2 is 1.82 bits per heavy atom. The number of aryl methyl sites for hydroxylation is 1. The first-order chi connectivity index (χ1) is 10.4. The normalized spacial score (nSPS) is 10.2. The van der Waals surface area contributed by atoms with Crippen molar-refractivity contribution in [3.05, 3.63) is 29.8 Å². The molecule has 120 valence electrons. The molecule has 2 amide bonds. The van der Waals surface area contributed by atoms with E-state index in [4.69, 9.17) is 4.74 Å². The van der Waals surface area contributed by atoms with Crippen LogP contribution in [0.2, 0.25) is 0 Å². The molecule has 0 aromatic heterocycles. The SMILES string of the molecule is CCc1ccccc1NC(=O)CNC(=O)COC(=O)C(C)C. The maximum atomic E-state index is 11.8. The highest BCUT2D eigenvalue weighted by Crippen LogP contribution is 2.14. The lowest BCUT2D eigenvalue weighted by Crippen LogP contribution is -2.36. The minimum atomic E-state index is -0.507. The number of para-hydroxylation sites is 1. The van der Waals surface area contributed by atoms with Crippen LogP contribution >= 0.6 is 0 Å². The van der Waals surface area contributed by atoms with Gasteiger partial charge in [-0.1, -0.05) is 39.0 Å². The molecule has 1 aromatic rings. The first kappa shape index (κ1) is 17.7. The Labute approximate surface area is 130 Å². The summed E-state index contributed by atoms with van der Waals surface area (Å²) in [6.07, 6.45) is 0.800. The Morgan fingerprint density at radius 3 is 2.45 bits per heavy atom. The van der Waals surface area contributed by atoms with Crippen molar-refractivity contribution < 1.29 is 19.1 Å². The van der Waals surface area contributed by atoms with Gasteiger partial charge in [-0.25, -0.2) is 0 Å². The lowest BCUT2D eigenvalue weighted by Gasteiger charge is -2.11. The van der Waals surface area contributed by atoms with Crippen LogP contribution in [0.15, 0.2) is 24.3 Å². The van der Waals surface area contributed by atoms with Crippen LogP contribution in [0.25, 0.3) is 0 Å². The number of benzene rings is 1. The van der Waals surface area contributed by atoms with Gasteiger partial charge in [0.1, 0.15) is 0 Å². The molecule has 22 heavy (non-hydrogen) atoms. The average Bonchev–Trinajstić information content (AvgIpc) is 2.50. The van der Waals surface area contributed by atoms with Crippen molar-refractivity contribution in [1.82, 2.24) is 5.32 Å². The smallest absolute Gasteiger partial charge is 0.308 e. The molecule has 0 heterocycles. The Kier molecular flexibility index (Phi) is 7.08. The highest BCUT2D eigenvalue weighted by Gasteiger charge is 2.12. The first-order valence-electron chi connectivity index (χ1n) is 7.25. The minimum Gasteiger partial charge on any atom is -0.455 e. The molecule has 2 N–H and O–H groups in total. The van der Waals surface area contributed by atoms with Crippen LogP contribution in [-0.2, 0) is 25.5 Å². The van der Waals surface area contributed by atoms with E-state index < -0.39 is 11.9 Å². The summed E-state index contributed by atoms with van der Waals surface area (Å²) in [6.45, 7) is 4.81. The van der Waals surface area contributed by atoms with Gasteiger partial charge in [-0.05, 0) is 18.1 Å². The van der Waals surface area contributed by atoms with Gasteiger partial charge in [0.25, 0.3) is 5.91 Å². The van der Waals surface area contributed by atoms with Crippen molar-refractivity contribution in [2.45, 2.75) is 27.2 Å². The fourth-order valence-corrected chi connectivity index (χ4v) is 1.68. The number of hydrogen-bond donors (Lipinski definition) is 2. The molecule has 6 heteroatoms. The van der Waals surface area contributed by atoms with E-state index in [-0.39, 0.29) is 25.0 Å². The zero-order valence-corrected chi connectivity index (χ0v) is 13.1. The van der Waals surface area contributed by atoms with Crippen LogP contribution in [0.3, 0.4) is 0 Å². The summed E-state index contributed by atoms with van der Waals surface area (Å²) in [4.78, 5) is 34.5. The third-order valence-corrected chi connectivity index (χ3v) is 2.94. The zero-order valence-electron chi connectivity index (χ0n) is 13.1. The average molecular weight is 306 g/mol. The van der Waals surface area contributed by atoms with E-state index in [1.54, 1.807) is 13.8 Å². The number of nitrogens with one attached hydrogen (secondary N) is 2. The van der Waals surface area contributed by atoms with Gasteiger partial charge >= 0.3 is 5.97 Å². The maximum Gasteiger partial charge on any atom is 0.308 e. The Balaban J connectivity index is 2.37. The summed E-state index contributed by atoms with van der Waals surface area (Å²) in [7, 11) is 0. The molecule has 0 saturated heterocycles. The molecule has 0 bridgehead atoms. The fourth-order valence-electron chi connectivity index (χ4n) is 1.68. The molecule has 0 aliphatic rings. The minimum absolute atomic E-state index is 0.171. The predicted octanol–water partition coefficient (Wildman–Crippen LogP) is 1.50. The molecule has 0 atom stereocenters. The molecule has 0 unspecified atom stereocenters. The molecule has 0 spiro atoms. The van der Waals surface area contributed by atoms with Crippen LogP contribution in [0.4, 0.5) is 5.69 Å². The van der Waals surface area contributed by atoms with Gasteiger partial charge in [0.15, 0.2) is 6.61 Å². The number of amides is 2. The first-order valence-corrected chi connectivity index (χ1v) is 7.25. The number of esters is 1. The van der Waals surface area contributed by atoms with E-state index >= 15 is 0 Å². The number of hydrogen-bond acceptors (Lipinski definition) is 4. The molecule has 0 saturated carbocycles. The molecule has 0 radical (unpaired) electrons. The van der Waals surface area contributed by atoms with E-state index in [0.717, 1.165) is 17.7 Å². The number of carbonyl (C=O) groups excluding carboxylic acids is 3. The van der Waals surface area contributed by atoms with Crippen LogP contribution in [0, 0.1) is 5.92 Å². The lowest BCUT2D eigenvalue weighted by molar-refractivity contribution is -0.151. The van der Waals surface area contributed by atoms with Crippen molar-refractivity contribution in [3.63, 3.8) is 0 Å². The van der Waals surface area contributed by atoms with Gasteiger partial charge in [-0.15, -0.1) is 0 Å². The highest BCUT2D eigenvalue weighted by atomic mass is 16.5. The number of rotatable bonds is 7. The Bertz CT molecular complexity index is 541. The van der Waals surface area contributed by atoms with Crippen LogP contribution in [0.1, 0.15) is 26.3 Å². The van der Waals surface area contributed by atoms with Crippen molar-refractivity contribution >= 4 is 23.5 Å². The zero-order chi connectivity index (χ0) is 16.5. The van der Waals surface area contributed by atoms with E-state index in [0.29, 0.717) is 0 Å². The van der Waals surface area contributed by atoms with Gasteiger partial charge < -0.3 is 15.4 Å².